The van der Waals surface area contributed by atoms with Gasteiger partial charge in [0.05, 0.1) is 6.04 Å². The van der Waals surface area contributed by atoms with Gasteiger partial charge >= 0.3 is 0 Å². The van der Waals surface area contributed by atoms with Gasteiger partial charge in [-0.2, -0.15) is 9.78 Å². The fraction of sp³-hybridized carbons (Fsp3) is 0.438. The first-order valence-electron chi connectivity index (χ1n) is 7.82. The summed E-state index contributed by atoms with van der Waals surface area (Å²) in [4.78, 5) is 21.7. The van der Waals surface area contributed by atoms with Crippen molar-refractivity contribution in [3.05, 3.63) is 42.2 Å². The van der Waals surface area contributed by atoms with Crippen molar-refractivity contribution in [2.45, 2.75) is 16.4 Å². The van der Waals surface area contributed by atoms with Gasteiger partial charge in [-0.1, -0.05) is 42.1 Å². The lowest BCUT2D eigenvalue weighted by molar-refractivity contribution is 0.0767. The summed E-state index contributed by atoms with van der Waals surface area (Å²) in [6.45, 7) is 3.99. The largest absolute Gasteiger partial charge is 0.304 e. The molecule has 1 aromatic carbocycles. The van der Waals surface area contributed by atoms with Crippen molar-refractivity contribution in [1.82, 2.24) is 24.6 Å². The molecule has 0 bridgehead atoms. The number of thioether (sulfide) groups is 1. The maximum absolute atomic E-state index is 12.8. The van der Waals surface area contributed by atoms with Gasteiger partial charge in [-0.25, -0.2) is 4.98 Å². The highest BCUT2D eigenvalue weighted by atomic mass is 32.2. The minimum atomic E-state index is -0.183. The standard InChI is InChI=1S/C16H19N5OS/c1-19-7-9-20(10-8-19)13(12-5-3-2-4-6-12)14-15(22)21-16(23-14)17-11-18-21/h2-6,11,13-14H,7-10H2,1H3. The van der Waals surface area contributed by atoms with Crippen LogP contribution >= 0.6 is 11.8 Å². The van der Waals surface area contributed by atoms with E-state index in [4.69, 9.17) is 0 Å². The molecule has 2 unspecified atom stereocenters. The third kappa shape index (κ3) is 2.69. The minimum absolute atomic E-state index is 0.0373. The summed E-state index contributed by atoms with van der Waals surface area (Å²) >= 11 is 1.53. The van der Waals surface area contributed by atoms with Crippen molar-refractivity contribution < 1.29 is 4.79 Å². The summed E-state index contributed by atoms with van der Waals surface area (Å²) in [6.07, 6.45) is 1.45. The van der Waals surface area contributed by atoms with E-state index < -0.39 is 0 Å². The maximum Gasteiger partial charge on any atom is 0.264 e. The van der Waals surface area contributed by atoms with Crippen molar-refractivity contribution in [3.63, 3.8) is 0 Å². The van der Waals surface area contributed by atoms with Crippen LogP contribution in [0, 0.1) is 0 Å². The van der Waals surface area contributed by atoms with Crippen LogP contribution in [0.25, 0.3) is 0 Å². The molecule has 1 saturated heterocycles. The highest BCUT2D eigenvalue weighted by Crippen LogP contribution is 2.40. The smallest absolute Gasteiger partial charge is 0.264 e. The van der Waals surface area contributed by atoms with Gasteiger partial charge in [0, 0.05) is 26.2 Å². The van der Waals surface area contributed by atoms with Crippen LogP contribution in [0.1, 0.15) is 16.4 Å². The van der Waals surface area contributed by atoms with Gasteiger partial charge in [0.15, 0.2) is 5.16 Å². The average Bonchev–Trinajstić information content (AvgIpc) is 3.15. The quantitative estimate of drug-likeness (QED) is 0.848. The van der Waals surface area contributed by atoms with E-state index in [9.17, 15) is 4.79 Å². The van der Waals surface area contributed by atoms with Gasteiger partial charge in [-0.3, -0.25) is 9.69 Å². The number of fused-ring (bicyclic) bond motifs is 1. The molecule has 0 spiro atoms. The molecule has 0 amide bonds. The molecule has 2 aromatic rings. The Morgan fingerprint density at radius 2 is 1.91 bits per heavy atom. The number of hydrogen-bond donors (Lipinski definition) is 0. The molecule has 1 aromatic heterocycles. The molecular formula is C16H19N5OS. The fourth-order valence-corrected chi connectivity index (χ4v) is 4.50. The zero-order chi connectivity index (χ0) is 15.8. The first-order valence-corrected chi connectivity index (χ1v) is 8.70. The Morgan fingerprint density at radius 1 is 1.17 bits per heavy atom. The molecule has 6 nitrogen and oxygen atoms in total. The van der Waals surface area contributed by atoms with Crippen LogP contribution in [-0.4, -0.2) is 68.9 Å². The Morgan fingerprint density at radius 3 is 2.61 bits per heavy atom. The van der Waals surface area contributed by atoms with Gasteiger partial charge in [-0.15, -0.1) is 0 Å². The average molecular weight is 329 g/mol. The second kappa shape index (κ2) is 6.07. The van der Waals surface area contributed by atoms with Crippen molar-refractivity contribution in [3.8, 4) is 0 Å². The predicted octanol–water partition coefficient (Wildman–Crippen LogP) is 1.38. The third-order valence-electron chi connectivity index (χ3n) is 4.56. The van der Waals surface area contributed by atoms with Crippen molar-refractivity contribution >= 4 is 17.7 Å². The Balaban J connectivity index is 1.66. The van der Waals surface area contributed by atoms with Gasteiger partial charge in [0.1, 0.15) is 11.6 Å². The summed E-state index contributed by atoms with van der Waals surface area (Å²) < 4.78 is 1.45. The lowest BCUT2D eigenvalue weighted by Gasteiger charge is -2.39. The minimum Gasteiger partial charge on any atom is -0.304 e. The summed E-state index contributed by atoms with van der Waals surface area (Å²) in [5.41, 5.74) is 1.19. The van der Waals surface area contributed by atoms with Crippen LogP contribution < -0.4 is 0 Å². The Kier molecular flexibility index (Phi) is 3.92. The summed E-state index contributed by atoms with van der Waals surface area (Å²) in [6, 6.07) is 10.4. The number of piperazine rings is 1. The van der Waals surface area contributed by atoms with Crippen LogP contribution in [0.4, 0.5) is 0 Å². The molecule has 7 heteroatoms. The van der Waals surface area contributed by atoms with E-state index in [2.05, 4.69) is 39.1 Å². The fourth-order valence-electron chi connectivity index (χ4n) is 3.27. The molecule has 2 atom stereocenters. The Hall–Kier alpha value is -1.70. The number of nitrogens with zero attached hydrogens (tertiary/aromatic N) is 5. The number of rotatable bonds is 3. The van der Waals surface area contributed by atoms with Crippen LogP contribution in [0.5, 0.6) is 0 Å². The van der Waals surface area contributed by atoms with Crippen LogP contribution in [0.3, 0.4) is 0 Å². The van der Waals surface area contributed by atoms with E-state index in [1.165, 1.54) is 28.3 Å². The molecule has 2 aliphatic heterocycles. The second-order valence-corrected chi connectivity index (χ2v) is 7.13. The lowest BCUT2D eigenvalue weighted by atomic mass is 10.00. The molecule has 23 heavy (non-hydrogen) atoms. The summed E-state index contributed by atoms with van der Waals surface area (Å²) in [5, 5.41) is 4.59. The molecule has 3 heterocycles. The molecule has 4 rings (SSSR count). The summed E-state index contributed by atoms with van der Waals surface area (Å²) in [5.74, 6) is 0.0373. The van der Waals surface area contributed by atoms with E-state index >= 15 is 0 Å². The third-order valence-corrected chi connectivity index (χ3v) is 5.76. The normalized spacial score (nSPS) is 23.9. The Bertz CT molecular complexity index is 696. The molecule has 0 N–H and O–H groups in total. The van der Waals surface area contributed by atoms with Gasteiger partial charge in [-0.05, 0) is 12.6 Å². The molecule has 120 valence electrons. The number of carbonyl (C=O) groups is 1. The van der Waals surface area contributed by atoms with Crippen LogP contribution in [0.2, 0.25) is 0 Å². The van der Waals surface area contributed by atoms with Crippen LogP contribution in [0.15, 0.2) is 41.8 Å². The van der Waals surface area contributed by atoms with Crippen molar-refractivity contribution in [2.75, 3.05) is 33.2 Å². The van der Waals surface area contributed by atoms with Crippen LogP contribution in [-0.2, 0) is 0 Å². The van der Waals surface area contributed by atoms with E-state index in [-0.39, 0.29) is 17.2 Å². The number of hydrogen-bond acceptors (Lipinski definition) is 6. The second-order valence-electron chi connectivity index (χ2n) is 6.03. The van der Waals surface area contributed by atoms with Crippen molar-refractivity contribution in [2.24, 2.45) is 0 Å². The number of carbonyl (C=O) groups excluding carboxylic acids is 1. The topological polar surface area (TPSA) is 54.3 Å². The Labute approximate surface area is 139 Å². The molecule has 0 aliphatic carbocycles. The summed E-state index contributed by atoms with van der Waals surface area (Å²) in [7, 11) is 2.14. The number of aromatic nitrogens is 3. The first-order chi connectivity index (χ1) is 11.2. The van der Waals surface area contributed by atoms with E-state index in [1.807, 2.05) is 18.2 Å². The van der Waals surface area contributed by atoms with E-state index in [0.29, 0.717) is 5.16 Å². The number of likely N-dealkylation sites (N-methyl/N-ethyl adjacent to an activating group) is 1. The van der Waals surface area contributed by atoms with E-state index in [0.717, 1.165) is 26.2 Å². The van der Waals surface area contributed by atoms with E-state index in [1.54, 1.807) is 0 Å². The maximum atomic E-state index is 12.8. The SMILES string of the molecule is CN1CCN(C(c2ccccc2)C2Sc3ncnn3C2=O)CC1. The monoisotopic (exact) mass is 329 g/mol. The zero-order valence-corrected chi connectivity index (χ0v) is 13.8. The molecule has 0 saturated carbocycles. The highest BCUT2D eigenvalue weighted by Gasteiger charge is 2.42. The number of benzene rings is 1. The van der Waals surface area contributed by atoms with Gasteiger partial charge in [0.2, 0.25) is 0 Å². The van der Waals surface area contributed by atoms with Gasteiger partial charge in [0.25, 0.3) is 5.91 Å². The van der Waals surface area contributed by atoms with Gasteiger partial charge < -0.3 is 4.90 Å². The zero-order valence-electron chi connectivity index (χ0n) is 13.0. The first kappa shape index (κ1) is 14.9. The highest BCUT2D eigenvalue weighted by molar-refractivity contribution is 8.00. The predicted molar refractivity (Wildman–Crippen MR) is 88.5 cm³/mol. The molecular weight excluding hydrogens is 310 g/mol. The molecule has 1 fully saturated rings. The molecule has 0 radical (unpaired) electrons. The molecule has 2 aliphatic rings. The lowest BCUT2D eigenvalue weighted by Crippen LogP contribution is -2.49. The van der Waals surface area contributed by atoms with Crippen molar-refractivity contribution in [1.29, 1.82) is 0 Å².